The Labute approximate surface area is 183 Å². The molecule has 1 aliphatic rings. The minimum atomic E-state index is -3.81. The van der Waals surface area contributed by atoms with E-state index in [-0.39, 0.29) is 29.5 Å². The van der Waals surface area contributed by atoms with Gasteiger partial charge < -0.3 is 5.32 Å². The first-order valence-corrected chi connectivity index (χ1v) is 13.7. The molecule has 0 spiro atoms. The summed E-state index contributed by atoms with van der Waals surface area (Å²) in [6.45, 7) is -0.0665. The fourth-order valence-corrected chi connectivity index (χ4v) is 7.13. The van der Waals surface area contributed by atoms with E-state index in [2.05, 4.69) is 15.3 Å². The summed E-state index contributed by atoms with van der Waals surface area (Å²) in [7, 11) is -6.99. The number of sulfonamides is 1. The van der Waals surface area contributed by atoms with Crippen LogP contribution in [0.5, 0.6) is 0 Å². The summed E-state index contributed by atoms with van der Waals surface area (Å²) in [5.41, 5.74) is 4.88. The number of hydrogen-bond donors (Lipinski definition) is 1. The molecule has 0 saturated carbocycles. The van der Waals surface area contributed by atoms with E-state index in [1.54, 1.807) is 41.2 Å². The van der Waals surface area contributed by atoms with Crippen molar-refractivity contribution in [2.24, 2.45) is 0 Å². The summed E-state index contributed by atoms with van der Waals surface area (Å²) in [6.07, 6.45) is 1.66. The zero-order chi connectivity index (χ0) is 21.6. The van der Waals surface area contributed by atoms with Crippen LogP contribution in [0.2, 0.25) is 0 Å². The van der Waals surface area contributed by atoms with Crippen molar-refractivity contribution in [3.63, 3.8) is 0 Å². The van der Waals surface area contributed by atoms with Crippen LogP contribution in [0.1, 0.15) is 0 Å². The van der Waals surface area contributed by atoms with E-state index in [0.717, 1.165) is 21.6 Å². The predicted molar refractivity (Wildman–Crippen MR) is 122 cm³/mol. The number of nitrogens with zero attached hydrogens (tertiary/aromatic N) is 3. The third kappa shape index (κ3) is 3.89. The molecule has 0 unspecified atom stereocenters. The van der Waals surface area contributed by atoms with Gasteiger partial charge in [-0.15, -0.1) is 11.3 Å². The lowest BCUT2D eigenvalue weighted by molar-refractivity contribution is 0.431. The van der Waals surface area contributed by atoms with E-state index < -0.39 is 19.9 Å². The Balaban J connectivity index is 1.51. The maximum absolute atomic E-state index is 13.1. The molecule has 1 aliphatic heterocycles. The standard InChI is InChI=1S/C20H18N4O4S3/c25-30(26)9-7-24(8-10-30)31(27,28)15-2-3-17-16(12-15)18(5-6-21-17)23-14-1-4-20-19(11-14)22-13-29-20/h1-6,11-13H,7-10H2,(H,21,23). The highest BCUT2D eigenvalue weighted by molar-refractivity contribution is 7.92. The molecule has 1 saturated heterocycles. The predicted octanol–water partition coefficient (Wildman–Crippen LogP) is 3.01. The Hall–Kier alpha value is -2.60. The Morgan fingerprint density at radius 1 is 0.968 bits per heavy atom. The highest BCUT2D eigenvalue weighted by atomic mass is 32.2. The molecule has 5 rings (SSSR count). The van der Waals surface area contributed by atoms with Crippen molar-refractivity contribution >= 4 is 63.7 Å². The lowest BCUT2D eigenvalue weighted by atomic mass is 10.2. The Morgan fingerprint density at radius 3 is 2.58 bits per heavy atom. The second kappa shape index (κ2) is 7.52. The molecule has 4 aromatic rings. The van der Waals surface area contributed by atoms with Gasteiger partial charge in [-0.05, 0) is 42.5 Å². The average molecular weight is 475 g/mol. The quantitative estimate of drug-likeness (QED) is 0.484. The summed E-state index contributed by atoms with van der Waals surface area (Å²) >= 11 is 1.57. The van der Waals surface area contributed by atoms with Crippen molar-refractivity contribution < 1.29 is 16.8 Å². The van der Waals surface area contributed by atoms with Crippen LogP contribution in [0.4, 0.5) is 11.4 Å². The fourth-order valence-electron chi connectivity index (χ4n) is 3.57. The SMILES string of the molecule is O=S1(=O)CCN(S(=O)(=O)c2ccc3nccc(Nc4ccc5scnc5c4)c3c2)CC1. The van der Waals surface area contributed by atoms with Gasteiger partial charge in [0, 0.05) is 36.0 Å². The van der Waals surface area contributed by atoms with Crippen molar-refractivity contribution in [3.05, 3.63) is 54.2 Å². The van der Waals surface area contributed by atoms with Gasteiger partial charge in [-0.2, -0.15) is 4.31 Å². The average Bonchev–Trinajstić information content (AvgIpc) is 3.21. The van der Waals surface area contributed by atoms with Crippen molar-refractivity contribution in [1.82, 2.24) is 14.3 Å². The van der Waals surface area contributed by atoms with Crippen LogP contribution < -0.4 is 5.32 Å². The summed E-state index contributed by atoms with van der Waals surface area (Å²) in [5.74, 6) is -0.319. The van der Waals surface area contributed by atoms with E-state index in [1.165, 1.54) is 10.4 Å². The molecule has 0 radical (unpaired) electrons. The molecule has 1 fully saturated rings. The number of aromatic nitrogens is 2. The molecular formula is C20H18N4O4S3. The van der Waals surface area contributed by atoms with Gasteiger partial charge in [-0.25, -0.2) is 21.8 Å². The van der Waals surface area contributed by atoms with Gasteiger partial charge in [-0.3, -0.25) is 4.98 Å². The lowest BCUT2D eigenvalue weighted by Crippen LogP contribution is -2.43. The lowest BCUT2D eigenvalue weighted by Gasteiger charge is -2.26. The number of anilines is 2. The first-order chi connectivity index (χ1) is 14.8. The van der Waals surface area contributed by atoms with Crippen molar-refractivity contribution in [1.29, 1.82) is 0 Å². The highest BCUT2D eigenvalue weighted by Crippen LogP contribution is 2.30. The highest BCUT2D eigenvalue weighted by Gasteiger charge is 2.31. The van der Waals surface area contributed by atoms with Gasteiger partial charge in [0.2, 0.25) is 10.0 Å². The van der Waals surface area contributed by atoms with Crippen LogP contribution in [0.25, 0.3) is 21.1 Å². The molecule has 3 heterocycles. The molecular weight excluding hydrogens is 456 g/mol. The number of nitrogens with one attached hydrogen (secondary N) is 1. The first-order valence-electron chi connectivity index (χ1n) is 9.51. The molecule has 0 aliphatic carbocycles. The topological polar surface area (TPSA) is 109 Å². The minimum Gasteiger partial charge on any atom is -0.355 e. The number of hydrogen-bond acceptors (Lipinski definition) is 8. The number of benzene rings is 2. The molecule has 2 aromatic carbocycles. The molecule has 31 heavy (non-hydrogen) atoms. The number of thiazole rings is 1. The molecule has 0 bridgehead atoms. The molecule has 160 valence electrons. The van der Waals surface area contributed by atoms with Crippen LogP contribution >= 0.6 is 11.3 Å². The minimum absolute atomic E-state index is 0.0332. The zero-order valence-electron chi connectivity index (χ0n) is 16.2. The maximum Gasteiger partial charge on any atom is 0.243 e. The van der Waals surface area contributed by atoms with Crippen LogP contribution in [-0.2, 0) is 19.9 Å². The third-order valence-corrected chi connectivity index (χ3v) is 9.58. The Kier molecular flexibility index (Phi) is 4.93. The van der Waals surface area contributed by atoms with E-state index in [0.29, 0.717) is 10.9 Å². The van der Waals surface area contributed by atoms with Crippen LogP contribution in [0.3, 0.4) is 0 Å². The zero-order valence-corrected chi connectivity index (χ0v) is 18.7. The van der Waals surface area contributed by atoms with Crippen molar-refractivity contribution in [3.8, 4) is 0 Å². The number of fused-ring (bicyclic) bond motifs is 2. The second-order valence-electron chi connectivity index (χ2n) is 7.25. The summed E-state index contributed by atoms with van der Waals surface area (Å²) in [6, 6.07) is 12.4. The monoisotopic (exact) mass is 474 g/mol. The Bertz CT molecular complexity index is 1500. The molecule has 8 nitrogen and oxygen atoms in total. The Morgan fingerprint density at radius 2 is 1.77 bits per heavy atom. The van der Waals surface area contributed by atoms with E-state index in [9.17, 15) is 16.8 Å². The van der Waals surface area contributed by atoms with Gasteiger partial charge in [0.1, 0.15) is 0 Å². The van der Waals surface area contributed by atoms with Gasteiger partial charge in [0.15, 0.2) is 9.84 Å². The second-order valence-corrected chi connectivity index (χ2v) is 12.4. The maximum atomic E-state index is 13.1. The number of sulfone groups is 1. The van der Waals surface area contributed by atoms with Crippen molar-refractivity contribution in [2.75, 3.05) is 29.9 Å². The van der Waals surface area contributed by atoms with Crippen LogP contribution in [0.15, 0.2) is 59.1 Å². The number of rotatable bonds is 4. The van der Waals surface area contributed by atoms with Gasteiger partial charge >= 0.3 is 0 Å². The van der Waals surface area contributed by atoms with Crippen LogP contribution in [0, 0.1) is 0 Å². The van der Waals surface area contributed by atoms with Crippen molar-refractivity contribution in [2.45, 2.75) is 4.90 Å². The normalized spacial score (nSPS) is 17.2. The molecule has 0 atom stereocenters. The molecule has 2 aromatic heterocycles. The van der Waals surface area contributed by atoms with Crippen LogP contribution in [-0.4, -0.2) is 55.7 Å². The smallest absolute Gasteiger partial charge is 0.243 e. The summed E-state index contributed by atoms with van der Waals surface area (Å²) < 4.78 is 51.9. The van der Waals surface area contributed by atoms with Gasteiger partial charge in [0.25, 0.3) is 0 Å². The third-order valence-electron chi connectivity index (χ3n) is 5.26. The molecule has 11 heteroatoms. The number of pyridine rings is 1. The van der Waals surface area contributed by atoms with Gasteiger partial charge in [-0.1, -0.05) is 0 Å². The van der Waals surface area contributed by atoms with Gasteiger partial charge in [0.05, 0.1) is 37.6 Å². The summed E-state index contributed by atoms with van der Waals surface area (Å²) in [4.78, 5) is 8.79. The molecule has 0 amide bonds. The fraction of sp³-hybridized carbons (Fsp3) is 0.200. The van der Waals surface area contributed by atoms with E-state index in [4.69, 9.17) is 0 Å². The largest absolute Gasteiger partial charge is 0.355 e. The first kappa shape index (κ1) is 20.3. The summed E-state index contributed by atoms with van der Waals surface area (Å²) in [5, 5.41) is 3.99. The van der Waals surface area contributed by atoms with E-state index >= 15 is 0 Å². The van der Waals surface area contributed by atoms with E-state index in [1.807, 2.05) is 18.2 Å². The molecule has 1 N–H and O–H groups in total.